The van der Waals surface area contributed by atoms with Crippen LogP contribution in [0.2, 0.25) is 5.02 Å². The third-order valence-electron chi connectivity index (χ3n) is 3.07. The number of amides is 1. The van der Waals surface area contributed by atoms with E-state index in [9.17, 15) is 9.59 Å². The highest BCUT2D eigenvalue weighted by Gasteiger charge is 2.38. The van der Waals surface area contributed by atoms with E-state index in [1.807, 2.05) is 0 Å². The van der Waals surface area contributed by atoms with Crippen LogP contribution in [0, 0.1) is 11.8 Å². The number of nitrogens with one attached hydrogen (secondary N) is 1. The molecule has 0 atom stereocenters. The summed E-state index contributed by atoms with van der Waals surface area (Å²) in [7, 11) is 0. The Kier molecular flexibility index (Phi) is 3.92. The lowest BCUT2D eigenvalue weighted by molar-refractivity contribution is -0.147. The summed E-state index contributed by atoms with van der Waals surface area (Å²) >= 11 is 9.30. The lowest BCUT2D eigenvalue weighted by Crippen LogP contribution is -2.38. The first-order valence-electron chi connectivity index (χ1n) is 5.46. The standard InChI is InChI=1S/C12H11BrClNO3/c13-8-2-1-3-9(10(8)14)15-11(16)6-4-7(5-6)12(17)18/h1-3,6-7H,4-5H2,(H,15,16)(H,17,18). The molecule has 1 saturated carbocycles. The average Bonchev–Trinajstić information content (AvgIpc) is 2.22. The van der Waals surface area contributed by atoms with E-state index in [0.717, 1.165) is 0 Å². The molecule has 1 amide bonds. The normalized spacial score (nSPS) is 22.1. The van der Waals surface area contributed by atoms with E-state index in [4.69, 9.17) is 16.7 Å². The molecular formula is C12H11BrClNO3. The van der Waals surface area contributed by atoms with Crippen molar-refractivity contribution in [3.05, 3.63) is 27.7 Å². The summed E-state index contributed by atoms with van der Waals surface area (Å²) in [6.45, 7) is 0. The smallest absolute Gasteiger partial charge is 0.306 e. The molecule has 1 aromatic carbocycles. The van der Waals surface area contributed by atoms with Crippen LogP contribution in [0.1, 0.15) is 12.8 Å². The Morgan fingerprint density at radius 3 is 2.61 bits per heavy atom. The summed E-state index contributed by atoms with van der Waals surface area (Å²) < 4.78 is 0.707. The maximum absolute atomic E-state index is 11.8. The molecular weight excluding hydrogens is 321 g/mol. The Hall–Kier alpha value is -1.07. The average molecular weight is 333 g/mol. The summed E-state index contributed by atoms with van der Waals surface area (Å²) in [5.74, 6) is -1.63. The molecule has 96 valence electrons. The molecule has 0 saturated heterocycles. The minimum Gasteiger partial charge on any atom is -0.481 e. The van der Waals surface area contributed by atoms with Crippen molar-refractivity contribution in [2.24, 2.45) is 11.8 Å². The lowest BCUT2D eigenvalue weighted by Gasteiger charge is -2.31. The van der Waals surface area contributed by atoms with Crippen molar-refractivity contribution in [1.29, 1.82) is 0 Å². The number of aliphatic carboxylic acids is 1. The highest BCUT2D eigenvalue weighted by atomic mass is 79.9. The Morgan fingerprint density at radius 2 is 2.00 bits per heavy atom. The fraction of sp³-hybridized carbons (Fsp3) is 0.333. The summed E-state index contributed by atoms with van der Waals surface area (Å²) in [4.78, 5) is 22.5. The monoisotopic (exact) mass is 331 g/mol. The number of hydrogen-bond donors (Lipinski definition) is 2. The van der Waals surface area contributed by atoms with Crippen molar-refractivity contribution in [3.63, 3.8) is 0 Å². The minimum absolute atomic E-state index is 0.174. The molecule has 0 aliphatic heterocycles. The van der Waals surface area contributed by atoms with Crippen LogP contribution in [-0.4, -0.2) is 17.0 Å². The molecule has 2 rings (SSSR count). The van der Waals surface area contributed by atoms with Gasteiger partial charge in [-0.25, -0.2) is 0 Å². The Balaban J connectivity index is 1.97. The van der Waals surface area contributed by atoms with Crippen molar-refractivity contribution in [1.82, 2.24) is 0 Å². The predicted octanol–water partition coefficient (Wildman–Crippen LogP) is 3.15. The topological polar surface area (TPSA) is 66.4 Å². The third kappa shape index (κ3) is 2.67. The van der Waals surface area contributed by atoms with E-state index in [2.05, 4.69) is 21.2 Å². The van der Waals surface area contributed by atoms with Crippen LogP contribution in [0.25, 0.3) is 0 Å². The Labute approximate surface area is 117 Å². The van der Waals surface area contributed by atoms with Gasteiger partial charge >= 0.3 is 5.97 Å². The minimum atomic E-state index is -0.834. The predicted molar refractivity (Wildman–Crippen MR) is 71.6 cm³/mol. The number of carbonyl (C=O) groups excluding carboxylic acids is 1. The van der Waals surface area contributed by atoms with Gasteiger partial charge in [-0.3, -0.25) is 9.59 Å². The van der Waals surface area contributed by atoms with Gasteiger partial charge in [0.15, 0.2) is 0 Å². The van der Waals surface area contributed by atoms with E-state index in [1.165, 1.54) is 0 Å². The number of rotatable bonds is 3. The van der Waals surface area contributed by atoms with Gasteiger partial charge in [-0.2, -0.15) is 0 Å². The maximum Gasteiger partial charge on any atom is 0.306 e. The van der Waals surface area contributed by atoms with E-state index < -0.39 is 11.9 Å². The van der Waals surface area contributed by atoms with Gasteiger partial charge in [0.05, 0.1) is 16.6 Å². The largest absolute Gasteiger partial charge is 0.481 e. The van der Waals surface area contributed by atoms with Crippen LogP contribution >= 0.6 is 27.5 Å². The van der Waals surface area contributed by atoms with Crippen molar-refractivity contribution < 1.29 is 14.7 Å². The number of hydrogen-bond acceptors (Lipinski definition) is 2. The number of halogens is 2. The molecule has 18 heavy (non-hydrogen) atoms. The van der Waals surface area contributed by atoms with E-state index in [0.29, 0.717) is 28.0 Å². The van der Waals surface area contributed by atoms with Gasteiger partial charge in [-0.15, -0.1) is 0 Å². The third-order valence-corrected chi connectivity index (χ3v) is 4.36. The van der Waals surface area contributed by atoms with Gasteiger partial charge in [0.25, 0.3) is 0 Å². The molecule has 2 N–H and O–H groups in total. The number of carbonyl (C=O) groups is 2. The molecule has 1 aliphatic carbocycles. The number of anilines is 1. The molecule has 0 aromatic heterocycles. The Morgan fingerprint density at radius 1 is 1.33 bits per heavy atom. The number of carboxylic acids is 1. The van der Waals surface area contributed by atoms with Gasteiger partial charge in [0.2, 0.25) is 5.91 Å². The van der Waals surface area contributed by atoms with Gasteiger partial charge in [-0.05, 0) is 40.9 Å². The maximum atomic E-state index is 11.8. The second kappa shape index (κ2) is 5.28. The van der Waals surface area contributed by atoms with E-state index in [-0.39, 0.29) is 11.8 Å². The fourth-order valence-corrected chi connectivity index (χ4v) is 2.41. The molecule has 0 unspecified atom stereocenters. The molecule has 1 aromatic rings. The van der Waals surface area contributed by atoms with Gasteiger partial charge in [0.1, 0.15) is 0 Å². The summed E-state index contributed by atoms with van der Waals surface area (Å²) in [6.07, 6.45) is 0.791. The van der Waals surface area contributed by atoms with Crippen LogP contribution in [0.3, 0.4) is 0 Å². The van der Waals surface area contributed by atoms with Crippen LogP contribution in [0.5, 0.6) is 0 Å². The SMILES string of the molecule is O=C(O)C1CC(C(=O)Nc2cccc(Br)c2Cl)C1. The van der Waals surface area contributed by atoms with Crippen molar-refractivity contribution in [2.45, 2.75) is 12.8 Å². The van der Waals surface area contributed by atoms with Crippen LogP contribution in [0.15, 0.2) is 22.7 Å². The molecule has 0 heterocycles. The van der Waals surface area contributed by atoms with Gasteiger partial charge in [-0.1, -0.05) is 17.7 Å². The first-order valence-corrected chi connectivity index (χ1v) is 6.64. The first kappa shape index (κ1) is 13.4. The molecule has 4 nitrogen and oxygen atoms in total. The molecule has 0 spiro atoms. The van der Waals surface area contributed by atoms with Crippen LogP contribution < -0.4 is 5.32 Å². The zero-order chi connectivity index (χ0) is 13.3. The van der Waals surface area contributed by atoms with Crippen LogP contribution in [0.4, 0.5) is 5.69 Å². The highest BCUT2D eigenvalue weighted by Crippen LogP contribution is 2.36. The van der Waals surface area contributed by atoms with Crippen LogP contribution in [-0.2, 0) is 9.59 Å². The summed E-state index contributed by atoms with van der Waals surface area (Å²) in [5.41, 5.74) is 0.537. The van der Waals surface area contributed by atoms with Crippen molar-refractivity contribution in [2.75, 3.05) is 5.32 Å². The van der Waals surface area contributed by atoms with Crippen molar-refractivity contribution >= 4 is 45.1 Å². The van der Waals surface area contributed by atoms with Crippen molar-refractivity contribution in [3.8, 4) is 0 Å². The fourth-order valence-electron chi connectivity index (χ4n) is 1.87. The molecule has 6 heteroatoms. The molecule has 1 aliphatic rings. The molecule has 0 bridgehead atoms. The zero-order valence-electron chi connectivity index (χ0n) is 9.32. The number of benzene rings is 1. The van der Waals surface area contributed by atoms with E-state index in [1.54, 1.807) is 18.2 Å². The second-order valence-corrected chi connectivity index (χ2v) is 5.53. The number of carboxylic acid groups (broad SMARTS) is 1. The second-order valence-electron chi connectivity index (χ2n) is 4.29. The summed E-state index contributed by atoms with van der Waals surface area (Å²) in [5, 5.41) is 11.9. The summed E-state index contributed by atoms with van der Waals surface area (Å²) in [6, 6.07) is 5.26. The first-order chi connectivity index (χ1) is 8.49. The van der Waals surface area contributed by atoms with E-state index >= 15 is 0 Å². The van der Waals surface area contributed by atoms with Gasteiger partial charge in [0, 0.05) is 10.4 Å². The molecule has 0 radical (unpaired) electrons. The molecule has 1 fully saturated rings. The Bertz CT molecular complexity index is 500. The zero-order valence-corrected chi connectivity index (χ0v) is 11.7. The quantitative estimate of drug-likeness (QED) is 0.893. The highest BCUT2D eigenvalue weighted by molar-refractivity contribution is 9.10. The lowest BCUT2D eigenvalue weighted by atomic mass is 9.74. The van der Waals surface area contributed by atoms with Gasteiger partial charge < -0.3 is 10.4 Å².